The molecule has 0 radical (unpaired) electrons. The Morgan fingerprint density at radius 1 is 1.07 bits per heavy atom. The zero-order chi connectivity index (χ0) is 20.1. The van der Waals surface area contributed by atoms with Crippen LogP contribution in [0.3, 0.4) is 0 Å². The highest BCUT2D eigenvalue weighted by Gasteiger charge is 2.41. The van der Waals surface area contributed by atoms with Crippen molar-refractivity contribution in [3.8, 4) is 11.3 Å². The van der Waals surface area contributed by atoms with Crippen LogP contribution in [-0.4, -0.2) is 52.8 Å². The molecule has 0 bridgehead atoms. The van der Waals surface area contributed by atoms with E-state index in [1.54, 1.807) is 10.7 Å². The number of aromatic nitrogens is 6. The summed E-state index contributed by atoms with van der Waals surface area (Å²) in [6.45, 7) is 0. The smallest absolute Gasteiger partial charge is 0.243 e. The molecule has 0 aromatic carbocycles. The van der Waals surface area contributed by atoms with Gasteiger partial charge in [0.25, 0.3) is 0 Å². The maximum atomic E-state index is 4.79. The van der Waals surface area contributed by atoms with E-state index in [9.17, 15) is 0 Å². The minimum atomic E-state index is 0.444. The number of hydrogen-bond acceptors (Lipinski definition) is 7. The molecule has 0 atom stereocenters. The number of nitrogens with one attached hydrogen (secondary N) is 2. The minimum absolute atomic E-state index is 0.444. The monoisotopic (exact) mass is 420 g/mol. The van der Waals surface area contributed by atoms with Gasteiger partial charge < -0.3 is 10.6 Å². The molecule has 1 aliphatic carbocycles. The van der Waals surface area contributed by atoms with Gasteiger partial charge in [0, 0.05) is 41.9 Å². The minimum Gasteiger partial charge on any atom is -0.371 e. The molecule has 9 heteroatoms. The third kappa shape index (κ3) is 2.91. The number of rotatable bonds is 4. The molecule has 6 rings (SSSR count). The van der Waals surface area contributed by atoms with E-state index in [2.05, 4.69) is 27.5 Å². The first-order valence-corrected chi connectivity index (χ1v) is 11.5. The average Bonchev–Trinajstić information content (AvgIpc) is 3.39. The van der Waals surface area contributed by atoms with E-state index in [0.717, 1.165) is 28.2 Å². The van der Waals surface area contributed by atoms with Gasteiger partial charge in [-0.15, -0.1) is 5.10 Å². The molecule has 8 nitrogen and oxygen atoms in total. The largest absolute Gasteiger partial charge is 0.371 e. The van der Waals surface area contributed by atoms with Crippen LogP contribution in [0.5, 0.6) is 0 Å². The van der Waals surface area contributed by atoms with Gasteiger partial charge in [0.1, 0.15) is 5.52 Å². The summed E-state index contributed by atoms with van der Waals surface area (Å²) in [5.74, 6) is 2.81. The van der Waals surface area contributed by atoms with Crippen LogP contribution in [0.15, 0.2) is 36.8 Å². The van der Waals surface area contributed by atoms with Crippen molar-refractivity contribution in [3.63, 3.8) is 0 Å². The van der Waals surface area contributed by atoms with Crippen LogP contribution in [0.4, 0.5) is 11.8 Å². The fourth-order valence-corrected chi connectivity index (χ4v) is 5.99. The first-order valence-electron chi connectivity index (χ1n) is 10.5. The SMILES string of the molecule is CNc1nc(NC2CCC3(CCS3)CC2)nn2ccc(-c3ccn4nccc4n3)c12. The summed E-state index contributed by atoms with van der Waals surface area (Å²) in [4.78, 5) is 9.52. The molecule has 1 saturated carbocycles. The molecule has 5 heterocycles. The Hall–Kier alpha value is -2.81. The van der Waals surface area contributed by atoms with Crippen LogP contribution in [0.2, 0.25) is 0 Å². The molecular formula is C21H24N8S. The van der Waals surface area contributed by atoms with E-state index in [1.165, 1.54) is 37.9 Å². The Balaban J connectivity index is 1.31. The van der Waals surface area contributed by atoms with E-state index >= 15 is 0 Å². The van der Waals surface area contributed by atoms with Crippen LogP contribution in [0.25, 0.3) is 22.4 Å². The van der Waals surface area contributed by atoms with Gasteiger partial charge in [0.05, 0.1) is 11.9 Å². The second-order valence-electron chi connectivity index (χ2n) is 8.20. The average molecular weight is 421 g/mol. The van der Waals surface area contributed by atoms with Crippen LogP contribution in [-0.2, 0) is 0 Å². The zero-order valence-corrected chi connectivity index (χ0v) is 17.7. The molecule has 0 amide bonds. The topological polar surface area (TPSA) is 84.4 Å². The zero-order valence-electron chi connectivity index (χ0n) is 16.9. The van der Waals surface area contributed by atoms with Crippen molar-refractivity contribution in [2.75, 3.05) is 23.4 Å². The number of fused-ring (bicyclic) bond motifs is 2. The summed E-state index contributed by atoms with van der Waals surface area (Å²) in [6, 6.07) is 6.36. The molecule has 0 unspecified atom stereocenters. The lowest BCUT2D eigenvalue weighted by atomic mass is 9.83. The summed E-state index contributed by atoms with van der Waals surface area (Å²) >= 11 is 2.16. The van der Waals surface area contributed by atoms with E-state index in [0.29, 0.717) is 16.7 Å². The molecule has 2 aliphatic rings. The highest BCUT2D eigenvalue weighted by atomic mass is 32.2. The Morgan fingerprint density at radius 3 is 2.67 bits per heavy atom. The quantitative estimate of drug-likeness (QED) is 0.521. The predicted octanol–water partition coefficient (Wildman–Crippen LogP) is 3.71. The van der Waals surface area contributed by atoms with Gasteiger partial charge in [-0.3, -0.25) is 0 Å². The molecule has 4 aromatic rings. The lowest BCUT2D eigenvalue weighted by Gasteiger charge is -2.46. The summed E-state index contributed by atoms with van der Waals surface area (Å²) in [6.07, 6.45) is 12.0. The van der Waals surface area contributed by atoms with Gasteiger partial charge in [-0.1, -0.05) is 0 Å². The van der Waals surface area contributed by atoms with Gasteiger partial charge in [-0.25, -0.2) is 14.0 Å². The van der Waals surface area contributed by atoms with Crippen molar-refractivity contribution in [2.24, 2.45) is 0 Å². The normalized spacial score (nSPS) is 23.7. The highest BCUT2D eigenvalue weighted by molar-refractivity contribution is 8.02. The summed E-state index contributed by atoms with van der Waals surface area (Å²) in [5.41, 5.74) is 3.61. The number of nitrogens with zero attached hydrogens (tertiary/aromatic N) is 6. The van der Waals surface area contributed by atoms with E-state index in [1.807, 2.05) is 42.2 Å². The molecule has 30 heavy (non-hydrogen) atoms. The highest BCUT2D eigenvalue weighted by Crippen LogP contribution is 2.50. The molecule has 154 valence electrons. The molecule has 2 fully saturated rings. The van der Waals surface area contributed by atoms with Crippen LogP contribution in [0.1, 0.15) is 32.1 Å². The fourth-order valence-electron chi connectivity index (χ4n) is 4.69. The van der Waals surface area contributed by atoms with Gasteiger partial charge in [-0.05, 0) is 50.0 Å². The number of hydrogen-bond donors (Lipinski definition) is 2. The Bertz CT molecular complexity index is 1210. The predicted molar refractivity (Wildman–Crippen MR) is 120 cm³/mol. The van der Waals surface area contributed by atoms with E-state index in [4.69, 9.17) is 15.1 Å². The first-order chi connectivity index (χ1) is 14.7. The first kappa shape index (κ1) is 18.0. The third-order valence-electron chi connectivity index (χ3n) is 6.48. The van der Waals surface area contributed by atoms with Gasteiger partial charge in [-0.2, -0.15) is 21.8 Å². The second kappa shape index (κ2) is 6.87. The van der Waals surface area contributed by atoms with E-state index < -0.39 is 0 Å². The van der Waals surface area contributed by atoms with Crippen LogP contribution in [0, 0.1) is 0 Å². The molecule has 1 spiro atoms. The summed E-state index contributed by atoms with van der Waals surface area (Å²) < 4.78 is 4.23. The van der Waals surface area contributed by atoms with Crippen molar-refractivity contribution >= 4 is 34.7 Å². The third-order valence-corrected chi connectivity index (χ3v) is 8.11. The Labute approximate surface area is 178 Å². The van der Waals surface area contributed by atoms with Gasteiger partial charge >= 0.3 is 0 Å². The van der Waals surface area contributed by atoms with Crippen molar-refractivity contribution in [1.29, 1.82) is 0 Å². The summed E-state index contributed by atoms with van der Waals surface area (Å²) in [7, 11) is 1.90. The van der Waals surface area contributed by atoms with Crippen molar-refractivity contribution in [1.82, 2.24) is 29.2 Å². The molecule has 1 aliphatic heterocycles. The van der Waals surface area contributed by atoms with Gasteiger partial charge in [0.2, 0.25) is 5.95 Å². The van der Waals surface area contributed by atoms with Gasteiger partial charge in [0.15, 0.2) is 11.5 Å². The maximum Gasteiger partial charge on any atom is 0.243 e. The lowest BCUT2D eigenvalue weighted by molar-refractivity contribution is 0.350. The number of thioether (sulfide) groups is 1. The fraction of sp³-hybridized carbons (Fsp3) is 0.429. The number of anilines is 2. The van der Waals surface area contributed by atoms with E-state index in [-0.39, 0.29) is 0 Å². The van der Waals surface area contributed by atoms with Crippen molar-refractivity contribution in [2.45, 2.75) is 42.9 Å². The maximum absolute atomic E-state index is 4.79. The summed E-state index contributed by atoms with van der Waals surface area (Å²) in [5, 5.41) is 15.8. The molecular weight excluding hydrogens is 396 g/mol. The Kier molecular flexibility index (Phi) is 4.12. The standard InChI is InChI=1S/C21H24N8S/c1-22-19-18-15(16-6-12-28-17(25-16)4-10-23-28)5-11-29(18)27-20(26-19)24-14-2-7-21(8-3-14)9-13-30-21/h4-6,10-12,14H,2-3,7-9,13H2,1H3,(H2,22,24,26,27). The molecule has 4 aromatic heterocycles. The van der Waals surface area contributed by atoms with Crippen LogP contribution >= 0.6 is 11.8 Å². The van der Waals surface area contributed by atoms with Crippen molar-refractivity contribution in [3.05, 3.63) is 36.8 Å². The lowest BCUT2D eigenvalue weighted by Crippen LogP contribution is -2.41. The Morgan fingerprint density at radius 2 is 1.90 bits per heavy atom. The van der Waals surface area contributed by atoms with Crippen LogP contribution < -0.4 is 10.6 Å². The molecule has 2 N–H and O–H groups in total. The molecule has 1 saturated heterocycles. The van der Waals surface area contributed by atoms with Crippen molar-refractivity contribution < 1.29 is 0 Å². The second-order valence-corrected chi connectivity index (χ2v) is 9.77.